The molecule has 1 saturated heterocycles. The molecule has 0 aromatic carbocycles. The van der Waals surface area contributed by atoms with Crippen LogP contribution in [0.25, 0.3) is 0 Å². The van der Waals surface area contributed by atoms with Gasteiger partial charge in [0.25, 0.3) is 0 Å². The second-order valence-corrected chi connectivity index (χ2v) is 5.71. The summed E-state index contributed by atoms with van der Waals surface area (Å²) in [5, 5.41) is 0. The van der Waals surface area contributed by atoms with E-state index in [9.17, 15) is 8.42 Å². The lowest BCUT2D eigenvalue weighted by molar-refractivity contribution is 0.439. The van der Waals surface area contributed by atoms with Gasteiger partial charge in [0, 0.05) is 0 Å². The van der Waals surface area contributed by atoms with Gasteiger partial charge in [-0.3, -0.25) is 0 Å². The predicted octanol–water partition coefficient (Wildman–Crippen LogP) is 0.116. The van der Waals surface area contributed by atoms with Gasteiger partial charge in [-0.05, 0) is 19.3 Å². The average Bonchev–Trinajstić information content (AvgIpc) is 1.94. The van der Waals surface area contributed by atoms with Crippen LogP contribution in [-0.2, 0) is 9.84 Å². The van der Waals surface area contributed by atoms with Gasteiger partial charge in [-0.15, -0.1) is 0 Å². The Labute approximate surface area is 61.5 Å². The highest BCUT2D eigenvalue weighted by molar-refractivity contribution is 7.93. The standard InChI is InChI=1S/C6H13NO2S/c1-5-3-4-10(8,9)6(5,2)7/h5H,3-4,7H2,1-2H3. The Kier molecular flexibility index (Phi) is 1.56. The molecule has 1 aliphatic heterocycles. The van der Waals surface area contributed by atoms with Crippen molar-refractivity contribution in [3.8, 4) is 0 Å². The quantitative estimate of drug-likeness (QED) is 0.551. The summed E-state index contributed by atoms with van der Waals surface area (Å²) in [6, 6.07) is 0. The van der Waals surface area contributed by atoms with Crippen LogP contribution in [0.3, 0.4) is 0 Å². The molecule has 2 atom stereocenters. The first-order valence-electron chi connectivity index (χ1n) is 3.39. The zero-order valence-electron chi connectivity index (χ0n) is 6.29. The maximum absolute atomic E-state index is 11.2. The molecule has 0 aliphatic carbocycles. The van der Waals surface area contributed by atoms with Gasteiger partial charge in [0.1, 0.15) is 4.87 Å². The Morgan fingerprint density at radius 2 is 2.10 bits per heavy atom. The molecule has 0 aromatic heterocycles. The maximum Gasteiger partial charge on any atom is 0.168 e. The van der Waals surface area contributed by atoms with E-state index in [0.29, 0.717) is 6.42 Å². The van der Waals surface area contributed by atoms with Crippen molar-refractivity contribution < 1.29 is 8.42 Å². The molecule has 1 heterocycles. The lowest BCUT2D eigenvalue weighted by Gasteiger charge is -2.21. The first-order chi connectivity index (χ1) is 4.38. The zero-order valence-corrected chi connectivity index (χ0v) is 7.11. The summed E-state index contributed by atoms with van der Waals surface area (Å²) in [5.74, 6) is 0.346. The van der Waals surface area contributed by atoms with E-state index in [4.69, 9.17) is 5.73 Å². The van der Waals surface area contributed by atoms with E-state index in [1.54, 1.807) is 6.92 Å². The van der Waals surface area contributed by atoms with Gasteiger partial charge in [0.05, 0.1) is 5.75 Å². The van der Waals surface area contributed by atoms with Crippen LogP contribution in [0.5, 0.6) is 0 Å². The average molecular weight is 163 g/mol. The van der Waals surface area contributed by atoms with Crippen LogP contribution in [0.1, 0.15) is 20.3 Å². The van der Waals surface area contributed by atoms with Crippen molar-refractivity contribution in [2.45, 2.75) is 25.1 Å². The number of nitrogens with two attached hydrogens (primary N) is 1. The number of hydrogen-bond donors (Lipinski definition) is 1. The van der Waals surface area contributed by atoms with Gasteiger partial charge in [-0.25, -0.2) is 8.42 Å². The zero-order chi connectivity index (χ0) is 7.99. The van der Waals surface area contributed by atoms with Gasteiger partial charge in [0.15, 0.2) is 9.84 Å². The molecular formula is C6H13NO2S. The predicted molar refractivity (Wildman–Crippen MR) is 40.2 cm³/mol. The molecule has 1 aliphatic rings. The summed E-state index contributed by atoms with van der Waals surface area (Å²) in [5.41, 5.74) is 5.61. The van der Waals surface area contributed by atoms with Crippen molar-refractivity contribution in [1.82, 2.24) is 0 Å². The second-order valence-electron chi connectivity index (χ2n) is 3.19. The van der Waals surface area contributed by atoms with Gasteiger partial charge in [-0.1, -0.05) is 6.92 Å². The van der Waals surface area contributed by atoms with Crippen LogP contribution in [0.15, 0.2) is 0 Å². The molecule has 2 N–H and O–H groups in total. The second kappa shape index (κ2) is 1.95. The van der Waals surface area contributed by atoms with Gasteiger partial charge in [-0.2, -0.15) is 0 Å². The minimum absolute atomic E-state index is 0.0949. The van der Waals surface area contributed by atoms with Crippen molar-refractivity contribution in [3.63, 3.8) is 0 Å². The van der Waals surface area contributed by atoms with Gasteiger partial charge in [0.2, 0.25) is 0 Å². The topological polar surface area (TPSA) is 60.2 Å². The van der Waals surface area contributed by atoms with E-state index in [1.807, 2.05) is 6.92 Å². The van der Waals surface area contributed by atoms with Crippen LogP contribution in [0, 0.1) is 5.92 Å². The monoisotopic (exact) mass is 163 g/mol. The highest BCUT2D eigenvalue weighted by Gasteiger charge is 2.45. The summed E-state index contributed by atoms with van der Waals surface area (Å²) in [7, 11) is -3.00. The van der Waals surface area contributed by atoms with Gasteiger partial charge < -0.3 is 5.73 Å². The van der Waals surface area contributed by atoms with E-state index in [2.05, 4.69) is 0 Å². The molecule has 1 fully saturated rings. The normalized spacial score (nSPS) is 45.7. The maximum atomic E-state index is 11.2. The fourth-order valence-electron chi connectivity index (χ4n) is 1.14. The van der Waals surface area contributed by atoms with E-state index in [0.717, 1.165) is 0 Å². The number of sulfone groups is 1. The molecule has 3 nitrogen and oxygen atoms in total. The molecule has 0 aromatic rings. The summed E-state index contributed by atoms with van der Waals surface area (Å²) < 4.78 is 22.3. The molecule has 4 heteroatoms. The van der Waals surface area contributed by atoms with Crippen LogP contribution in [-0.4, -0.2) is 19.0 Å². The Bertz CT molecular complexity index is 230. The van der Waals surface area contributed by atoms with Crippen molar-refractivity contribution in [2.24, 2.45) is 11.7 Å². The van der Waals surface area contributed by atoms with Crippen molar-refractivity contribution in [1.29, 1.82) is 0 Å². The highest BCUT2D eigenvalue weighted by Crippen LogP contribution is 2.32. The molecular weight excluding hydrogens is 150 g/mol. The molecule has 0 saturated carbocycles. The van der Waals surface area contributed by atoms with Crippen molar-refractivity contribution in [2.75, 3.05) is 5.75 Å². The van der Waals surface area contributed by atoms with E-state index >= 15 is 0 Å². The summed E-state index contributed by atoms with van der Waals surface area (Å²) in [6.45, 7) is 3.48. The molecule has 10 heavy (non-hydrogen) atoms. The largest absolute Gasteiger partial charge is 0.313 e. The number of hydrogen-bond acceptors (Lipinski definition) is 3. The fraction of sp³-hybridized carbons (Fsp3) is 1.00. The Morgan fingerprint density at radius 1 is 1.60 bits per heavy atom. The SMILES string of the molecule is CC1CCS(=O)(=O)C1(C)N. The smallest absolute Gasteiger partial charge is 0.168 e. The minimum Gasteiger partial charge on any atom is -0.313 e. The Balaban J connectivity index is 3.08. The molecule has 0 bridgehead atoms. The van der Waals surface area contributed by atoms with Crippen molar-refractivity contribution >= 4 is 9.84 Å². The molecule has 0 spiro atoms. The number of rotatable bonds is 0. The lowest BCUT2D eigenvalue weighted by Crippen LogP contribution is -2.45. The molecule has 0 amide bonds. The summed E-state index contributed by atoms with van der Waals surface area (Å²) in [6.07, 6.45) is 0.704. The van der Waals surface area contributed by atoms with Crippen LogP contribution < -0.4 is 5.73 Å². The highest BCUT2D eigenvalue weighted by atomic mass is 32.2. The van der Waals surface area contributed by atoms with E-state index in [1.165, 1.54) is 0 Å². The first kappa shape index (κ1) is 8.01. The molecule has 0 radical (unpaired) electrons. The minimum atomic E-state index is -3.00. The Hall–Kier alpha value is -0.0900. The molecule has 1 rings (SSSR count). The third-order valence-electron chi connectivity index (χ3n) is 2.47. The first-order valence-corrected chi connectivity index (χ1v) is 5.04. The van der Waals surface area contributed by atoms with Crippen LogP contribution in [0.4, 0.5) is 0 Å². The Morgan fingerprint density at radius 3 is 2.20 bits per heavy atom. The van der Waals surface area contributed by atoms with E-state index in [-0.39, 0.29) is 11.7 Å². The van der Waals surface area contributed by atoms with E-state index < -0.39 is 14.7 Å². The van der Waals surface area contributed by atoms with Crippen LogP contribution >= 0.6 is 0 Å². The molecule has 60 valence electrons. The lowest BCUT2D eigenvalue weighted by atomic mass is 10.0. The van der Waals surface area contributed by atoms with Crippen LogP contribution in [0.2, 0.25) is 0 Å². The third kappa shape index (κ3) is 0.864. The summed E-state index contributed by atoms with van der Waals surface area (Å²) >= 11 is 0. The fourth-order valence-corrected chi connectivity index (χ4v) is 2.98. The summed E-state index contributed by atoms with van der Waals surface area (Å²) in [4.78, 5) is -0.979. The van der Waals surface area contributed by atoms with Crippen molar-refractivity contribution in [3.05, 3.63) is 0 Å². The molecule has 2 unspecified atom stereocenters. The third-order valence-corrected chi connectivity index (χ3v) is 4.98. The van der Waals surface area contributed by atoms with Gasteiger partial charge >= 0.3 is 0 Å².